The van der Waals surface area contributed by atoms with Gasteiger partial charge in [-0.25, -0.2) is 13.8 Å². The standard InChI is InChI=1S/C22H22FN5/c1-16(21-15-26-28(17(21)2)20-7-4-3-5-8-20)24-14-18-13-19(23)9-10-22(18)27-12-6-11-25-27/h3-13,15-16,24H,14H2,1-2H3/t16-/m0/s1. The summed E-state index contributed by atoms with van der Waals surface area (Å²) in [4.78, 5) is 0. The van der Waals surface area contributed by atoms with Crippen LogP contribution < -0.4 is 5.32 Å². The third kappa shape index (κ3) is 3.59. The molecule has 0 amide bonds. The lowest BCUT2D eigenvalue weighted by atomic mass is 10.1. The van der Waals surface area contributed by atoms with Crippen molar-refractivity contribution in [3.8, 4) is 11.4 Å². The Balaban J connectivity index is 1.54. The molecule has 0 saturated carbocycles. The second-order valence-corrected chi connectivity index (χ2v) is 6.76. The molecule has 28 heavy (non-hydrogen) atoms. The van der Waals surface area contributed by atoms with E-state index in [1.807, 2.05) is 53.5 Å². The van der Waals surface area contributed by atoms with Gasteiger partial charge in [-0.3, -0.25) is 0 Å². The minimum atomic E-state index is -0.256. The molecule has 0 fully saturated rings. The van der Waals surface area contributed by atoms with E-state index in [1.54, 1.807) is 23.0 Å². The Morgan fingerprint density at radius 1 is 1.07 bits per heavy atom. The van der Waals surface area contributed by atoms with Crippen LogP contribution >= 0.6 is 0 Å². The zero-order chi connectivity index (χ0) is 19.5. The van der Waals surface area contributed by atoms with Crippen molar-refractivity contribution in [1.82, 2.24) is 24.9 Å². The molecule has 0 aliphatic rings. The van der Waals surface area contributed by atoms with E-state index in [4.69, 9.17) is 0 Å². The highest BCUT2D eigenvalue weighted by Crippen LogP contribution is 2.22. The maximum absolute atomic E-state index is 13.8. The first-order valence-electron chi connectivity index (χ1n) is 9.25. The van der Waals surface area contributed by atoms with Crippen LogP contribution in [0.4, 0.5) is 4.39 Å². The van der Waals surface area contributed by atoms with E-state index in [9.17, 15) is 4.39 Å². The van der Waals surface area contributed by atoms with Gasteiger partial charge in [-0.05, 0) is 55.8 Å². The lowest BCUT2D eigenvalue weighted by Gasteiger charge is -2.16. The molecule has 1 N–H and O–H groups in total. The molecule has 4 rings (SSSR count). The van der Waals surface area contributed by atoms with Gasteiger partial charge in [0.15, 0.2) is 0 Å². The van der Waals surface area contributed by atoms with Gasteiger partial charge < -0.3 is 5.32 Å². The zero-order valence-corrected chi connectivity index (χ0v) is 15.9. The Hall–Kier alpha value is -3.25. The highest BCUT2D eigenvalue weighted by atomic mass is 19.1. The Morgan fingerprint density at radius 3 is 2.64 bits per heavy atom. The molecule has 6 heteroatoms. The summed E-state index contributed by atoms with van der Waals surface area (Å²) in [6.45, 7) is 4.67. The van der Waals surface area contributed by atoms with Gasteiger partial charge in [0.05, 0.1) is 17.6 Å². The van der Waals surface area contributed by atoms with Gasteiger partial charge in [0.25, 0.3) is 0 Å². The van der Waals surface area contributed by atoms with Crippen molar-refractivity contribution in [2.24, 2.45) is 0 Å². The molecule has 2 heterocycles. The summed E-state index contributed by atoms with van der Waals surface area (Å²) in [7, 11) is 0. The quantitative estimate of drug-likeness (QED) is 0.545. The van der Waals surface area contributed by atoms with Crippen LogP contribution in [0, 0.1) is 12.7 Å². The Morgan fingerprint density at radius 2 is 1.89 bits per heavy atom. The summed E-state index contributed by atoms with van der Waals surface area (Å²) < 4.78 is 17.5. The SMILES string of the molecule is Cc1c([C@H](C)NCc2cc(F)ccc2-n2cccn2)cnn1-c1ccccc1. The van der Waals surface area contributed by atoms with Gasteiger partial charge in [0.2, 0.25) is 0 Å². The largest absolute Gasteiger partial charge is 0.306 e. The summed E-state index contributed by atoms with van der Waals surface area (Å²) in [6.07, 6.45) is 5.46. The summed E-state index contributed by atoms with van der Waals surface area (Å²) in [5, 5.41) is 12.3. The second kappa shape index (κ2) is 7.78. The third-order valence-corrected chi connectivity index (χ3v) is 4.91. The topological polar surface area (TPSA) is 47.7 Å². The van der Waals surface area contributed by atoms with Gasteiger partial charge in [-0.1, -0.05) is 18.2 Å². The fourth-order valence-corrected chi connectivity index (χ4v) is 3.38. The van der Waals surface area contributed by atoms with Crippen LogP contribution in [-0.2, 0) is 6.54 Å². The monoisotopic (exact) mass is 375 g/mol. The van der Waals surface area contributed by atoms with Crippen molar-refractivity contribution >= 4 is 0 Å². The van der Waals surface area contributed by atoms with Crippen molar-refractivity contribution in [2.75, 3.05) is 0 Å². The average Bonchev–Trinajstić information content (AvgIpc) is 3.37. The smallest absolute Gasteiger partial charge is 0.123 e. The van der Waals surface area contributed by atoms with E-state index in [-0.39, 0.29) is 11.9 Å². The van der Waals surface area contributed by atoms with Crippen molar-refractivity contribution < 1.29 is 4.39 Å². The summed E-state index contributed by atoms with van der Waals surface area (Å²) >= 11 is 0. The molecule has 4 aromatic rings. The Labute approximate surface area is 163 Å². The molecular formula is C22H22FN5. The Bertz CT molecular complexity index is 1050. The van der Waals surface area contributed by atoms with Gasteiger partial charge in [-0.2, -0.15) is 10.2 Å². The minimum absolute atomic E-state index is 0.0613. The summed E-state index contributed by atoms with van der Waals surface area (Å²) in [6, 6.07) is 16.7. The van der Waals surface area contributed by atoms with Crippen LogP contribution in [0.3, 0.4) is 0 Å². The number of nitrogens with zero attached hydrogens (tertiary/aromatic N) is 4. The van der Waals surface area contributed by atoms with E-state index in [0.717, 1.165) is 28.2 Å². The molecule has 2 aromatic carbocycles. The van der Waals surface area contributed by atoms with Gasteiger partial charge in [-0.15, -0.1) is 0 Å². The fourth-order valence-electron chi connectivity index (χ4n) is 3.38. The maximum Gasteiger partial charge on any atom is 0.123 e. The predicted molar refractivity (Wildman–Crippen MR) is 107 cm³/mol. The summed E-state index contributed by atoms with van der Waals surface area (Å²) in [5.41, 5.74) is 4.94. The van der Waals surface area contributed by atoms with E-state index < -0.39 is 0 Å². The van der Waals surface area contributed by atoms with E-state index in [1.165, 1.54) is 6.07 Å². The predicted octanol–water partition coefficient (Wildman–Crippen LogP) is 4.36. The minimum Gasteiger partial charge on any atom is -0.306 e. The molecule has 0 saturated heterocycles. The molecule has 2 aromatic heterocycles. The van der Waals surface area contributed by atoms with Crippen LogP contribution in [0.15, 0.2) is 73.2 Å². The molecule has 1 atom stereocenters. The fraction of sp³-hybridized carbons (Fsp3) is 0.182. The van der Waals surface area contributed by atoms with Crippen molar-refractivity contribution in [3.63, 3.8) is 0 Å². The molecule has 0 aliphatic carbocycles. The first-order chi connectivity index (χ1) is 13.6. The van der Waals surface area contributed by atoms with Crippen LogP contribution in [-0.4, -0.2) is 19.6 Å². The van der Waals surface area contributed by atoms with Crippen LogP contribution in [0.1, 0.15) is 29.8 Å². The number of halogens is 1. The van der Waals surface area contributed by atoms with Crippen LogP contribution in [0.5, 0.6) is 0 Å². The number of benzene rings is 2. The molecule has 5 nitrogen and oxygen atoms in total. The normalized spacial score (nSPS) is 12.2. The van der Waals surface area contributed by atoms with E-state index in [0.29, 0.717) is 6.54 Å². The number of rotatable bonds is 6. The van der Waals surface area contributed by atoms with Crippen molar-refractivity contribution in [1.29, 1.82) is 0 Å². The van der Waals surface area contributed by atoms with Crippen LogP contribution in [0.25, 0.3) is 11.4 Å². The first-order valence-corrected chi connectivity index (χ1v) is 9.25. The number of para-hydroxylation sites is 1. The lowest BCUT2D eigenvalue weighted by Crippen LogP contribution is -2.20. The highest BCUT2D eigenvalue weighted by Gasteiger charge is 2.15. The molecule has 0 bridgehead atoms. The average molecular weight is 375 g/mol. The first kappa shape index (κ1) is 18.1. The van der Waals surface area contributed by atoms with Crippen molar-refractivity contribution in [3.05, 3.63) is 95.8 Å². The Kier molecular flexibility index (Phi) is 5.04. The molecule has 0 radical (unpaired) electrons. The zero-order valence-electron chi connectivity index (χ0n) is 15.9. The number of hydrogen-bond acceptors (Lipinski definition) is 3. The van der Waals surface area contributed by atoms with Crippen LogP contribution in [0.2, 0.25) is 0 Å². The number of aromatic nitrogens is 4. The highest BCUT2D eigenvalue weighted by molar-refractivity contribution is 5.41. The molecule has 0 spiro atoms. The summed E-state index contributed by atoms with van der Waals surface area (Å²) in [5.74, 6) is -0.256. The van der Waals surface area contributed by atoms with Gasteiger partial charge in [0.1, 0.15) is 5.82 Å². The number of hydrogen-bond donors (Lipinski definition) is 1. The number of nitrogens with one attached hydrogen (secondary N) is 1. The van der Waals surface area contributed by atoms with E-state index >= 15 is 0 Å². The molecule has 0 aliphatic heterocycles. The van der Waals surface area contributed by atoms with Crippen molar-refractivity contribution in [2.45, 2.75) is 26.4 Å². The van der Waals surface area contributed by atoms with Gasteiger partial charge in [0, 0.05) is 36.2 Å². The lowest BCUT2D eigenvalue weighted by molar-refractivity contribution is 0.564. The van der Waals surface area contributed by atoms with E-state index in [2.05, 4.69) is 29.4 Å². The second-order valence-electron chi connectivity index (χ2n) is 6.76. The third-order valence-electron chi connectivity index (χ3n) is 4.91. The molecular weight excluding hydrogens is 353 g/mol. The maximum atomic E-state index is 13.8. The molecule has 142 valence electrons. The molecule has 0 unspecified atom stereocenters. The van der Waals surface area contributed by atoms with Gasteiger partial charge >= 0.3 is 0 Å².